The number of aromatic amines is 1. The minimum Gasteiger partial charge on any atom is -0.326 e. The number of hydrazine groups is 1. The third-order valence-corrected chi connectivity index (χ3v) is 4.53. The number of nitrogens with zero attached hydrogens (tertiary/aromatic N) is 2. The molecule has 0 unspecified atom stereocenters. The Hall–Kier alpha value is -0.930. The van der Waals surface area contributed by atoms with Crippen molar-refractivity contribution < 1.29 is 8.42 Å². The van der Waals surface area contributed by atoms with E-state index in [1.165, 1.54) is 0 Å². The molecule has 0 spiro atoms. The second kappa shape index (κ2) is 5.59. The summed E-state index contributed by atoms with van der Waals surface area (Å²) >= 11 is 5.63. The van der Waals surface area contributed by atoms with Gasteiger partial charge in [-0.25, -0.2) is 13.4 Å². The lowest BCUT2D eigenvalue weighted by molar-refractivity contribution is 0.135. The van der Waals surface area contributed by atoms with Gasteiger partial charge in [-0.15, -0.1) is 4.83 Å². The molecule has 2 heterocycles. The number of pyridine rings is 1. The van der Waals surface area contributed by atoms with Gasteiger partial charge in [0.2, 0.25) is 0 Å². The van der Waals surface area contributed by atoms with Crippen LogP contribution in [-0.2, 0) is 10.0 Å². The van der Waals surface area contributed by atoms with Crippen LogP contribution >= 0.6 is 11.6 Å². The van der Waals surface area contributed by atoms with Crippen molar-refractivity contribution in [3.05, 3.63) is 27.6 Å². The van der Waals surface area contributed by atoms with E-state index >= 15 is 0 Å². The number of rotatable bonds is 3. The normalized spacial score (nSPS) is 18.6. The van der Waals surface area contributed by atoms with Gasteiger partial charge in [0.25, 0.3) is 15.6 Å². The minimum atomic E-state index is -3.71. The van der Waals surface area contributed by atoms with Gasteiger partial charge < -0.3 is 9.88 Å². The fourth-order valence-corrected chi connectivity index (χ4v) is 3.07. The molecule has 1 fully saturated rings. The highest BCUT2D eigenvalue weighted by Crippen LogP contribution is 2.11. The first-order valence-electron chi connectivity index (χ1n) is 5.73. The van der Waals surface area contributed by atoms with Crippen LogP contribution < -0.4 is 10.4 Å². The molecule has 0 bridgehead atoms. The molecule has 9 heteroatoms. The van der Waals surface area contributed by atoms with Gasteiger partial charge in [-0.3, -0.25) is 4.79 Å². The van der Waals surface area contributed by atoms with Crippen molar-refractivity contribution in [2.24, 2.45) is 0 Å². The molecule has 0 atom stereocenters. The number of aromatic nitrogens is 1. The van der Waals surface area contributed by atoms with Gasteiger partial charge in [0.15, 0.2) is 0 Å². The number of hydrogen-bond acceptors (Lipinski definition) is 5. The van der Waals surface area contributed by atoms with E-state index in [9.17, 15) is 13.2 Å². The van der Waals surface area contributed by atoms with Gasteiger partial charge in [-0.2, -0.15) is 0 Å². The lowest BCUT2D eigenvalue weighted by Gasteiger charge is -2.32. The van der Waals surface area contributed by atoms with Crippen molar-refractivity contribution in [3.8, 4) is 0 Å². The summed E-state index contributed by atoms with van der Waals surface area (Å²) in [6, 6.07) is 1.14. The molecule has 0 aromatic carbocycles. The Labute approximate surface area is 116 Å². The van der Waals surface area contributed by atoms with Gasteiger partial charge in [-0.1, -0.05) is 11.6 Å². The molecular formula is C10H15ClN4O3S. The number of H-pyrrole nitrogens is 1. The highest BCUT2D eigenvalue weighted by Gasteiger charge is 2.22. The standard InChI is InChI=1S/C10H15ClN4O3S/c1-14-2-4-15(5-3-14)13-19(17,18)8-6-9(11)10(16)12-7-8/h6-7,13H,2-5H2,1H3,(H,12,16). The van der Waals surface area contributed by atoms with Crippen LogP contribution in [0.1, 0.15) is 0 Å². The summed E-state index contributed by atoms with van der Waals surface area (Å²) in [5.41, 5.74) is -0.514. The molecule has 0 radical (unpaired) electrons. The summed E-state index contributed by atoms with van der Waals surface area (Å²) in [6.07, 6.45) is 1.13. The van der Waals surface area contributed by atoms with E-state index in [1.54, 1.807) is 5.01 Å². The predicted octanol–water partition coefficient (Wildman–Crippen LogP) is -0.531. The summed E-state index contributed by atoms with van der Waals surface area (Å²) in [7, 11) is -1.73. The molecule has 0 amide bonds. The molecular weight excluding hydrogens is 292 g/mol. The van der Waals surface area contributed by atoms with Gasteiger partial charge in [0.05, 0.1) is 0 Å². The Bertz CT molecular complexity index is 607. The zero-order valence-electron chi connectivity index (χ0n) is 10.4. The second-order valence-corrected chi connectivity index (χ2v) is 6.47. The van der Waals surface area contributed by atoms with E-state index in [1.807, 2.05) is 7.05 Å². The quantitative estimate of drug-likeness (QED) is 0.784. The van der Waals surface area contributed by atoms with E-state index in [4.69, 9.17) is 11.6 Å². The largest absolute Gasteiger partial charge is 0.326 e. The van der Waals surface area contributed by atoms with Crippen molar-refractivity contribution in [3.63, 3.8) is 0 Å². The van der Waals surface area contributed by atoms with Crippen molar-refractivity contribution in [2.75, 3.05) is 33.2 Å². The molecule has 106 valence electrons. The lowest BCUT2D eigenvalue weighted by Crippen LogP contribution is -2.52. The van der Waals surface area contributed by atoms with Gasteiger partial charge in [0, 0.05) is 32.4 Å². The van der Waals surface area contributed by atoms with E-state index in [-0.39, 0.29) is 9.92 Å². The van der Waals surface area contributed by atoms with Crippen LogP contribution in [-0.4, -0.2) is 56.5 Å². The molecule has 1 aliphatic rings. The molecule has 7 nitrogen and oxygen atoms in total. The zero-order chi connectivity index (χ0) is 14.0. The highest BCUT2D eigenvalue weighted by molar-refractivity contribution is 7.89. The third kappa shape index (κ3) is 3.54. The van der Waals surface area contributed by atoms with Crippen LogP contribution in [0.15, 0.2) is 22.0 Å². The van der Waals surface area contributed by atoms with Crippen LogP contribution in [0.3, 0.4) is 0 Å². The molecule has 2 rings (SSSR count). The minimum absolute atomic E-state index is 0.0592. The summed E-state index contributed by atoms with van der Waals surface area (Å²) in [6.45, 7) is 2.78. The molecule has 19 heavy (non-hydrogen) atoms. The summed E-state index contributed by atoms with van der Waals surface area (Å²) < 4.78 is 24.2. The molecule has 2 N–H and O–H groups in total. The Morgan fingerprint density at radius 2 is 1.95 bits per heavy atom. The van der Waals surface area contributed by atoms with Crippen LogP contribution in [0.4, 0.5) is 0 Å². The number of hydrogen-bond donors (Lipinski definition) is 2. The Kier molecular flexibility index (Phi) is 4.26. The fraction of sp³-hybridized carbons (Fsp3) is 0.500. The molecule has 1 aromatic heterocycles. The molecule has 0 aliphatic carbocycles. The smallest absolute Gasteiger partial charge is 0.266 e. The second-order valence-electron chi connectivity index (χ2n) is 4.40. The van der Waals surface area contributed by atoms with E-state index in [2.05, 4.69) is 14.7 Å². The van der Waals surface area contributed by atoms with E-state index < -0.39 is 15.6 Å². The fourth-order valence-electron chi connectivity index (χ4n) is 1.71. The first-order chi connectivity index (χ1) is 8.88. The zero-order valence-corrected chi connectivity index (χ0v) is 12.0. The topological polar surface area (TPSA) is 85.5 Å². The molecule has 1 aliphatic heterocycles. The summed E-state index contributed by atoms with van der Waals surface area (Å²) in [5, 5.41) is 1.48. The van der Waals surface area contributed by atoms with Crippen LogP contribution in [0.2, 0.25) is 5.02 Å². The Morgan fingerprint density at radius 3 is 2.53 bits per heavy atom. The molecule has 1 saturated heterocycles. The maximum absolute atomic E-state index is 12.1. The van der Waals surface area contributed by atoms with Gasteiger partial charge in [0.1, 0.15) is 9.92 Å². The summed E-state index contributed by atoms with van der Waals surface area (Å²) in [5.74, 6) is 0. The number of likely N-dealkylation sites (N-methyl/N-ethyl adjacent to an activating group) is 1. The van der Waals surface area contributed by atoms with Gasteiger partial charge in [-0.05, 0) is 13.1 Å². The first-order valence-corrected chi connectivity index (χ1v) is 7.59. The van der Waals surface area contributed by atoms with E-state index in [0.29, 0.717) is 13.1 Å². The van der Waals surface area contributed by atoms with Crippen molar-refractivity contribution in [2.45, 2.75) is 4.90 Å². The molecule has 0 saturated carbocycles. The number of nitrogens with one attached hydrogen (secondary N) is 2. The average Bonchev–Trinajstić information content (AvgIpc) is 2.35. The lowest BCUT2D eigenvalue weighted by atomic mass is 10.4. The number of piperazine rings is 1. The Balaban J connectivity index is 2.14. The maximum Gasteiger partial charge on any atom is 0.266 e. The SMILES string of the molecule is CN1CCN(NS(=O)(=O)c2c[nH]c(=O)c(Cl)c2)CC1. The van der Waals surface area contributed by atoms with Crippen LogP contribution in [0.25, 0.3) is 0 Å². The molecule has 1 aromatic rings. The Morgan fingerprint density at radius 1 is 1.32 bits per heavy atom. The average molecular weight is 307 g/mol. The monoisotopic (exact) mass is 306 g/mol. The number of sulfonamides is 1. The van der Waals surface area contributed by atoms with Crippen molar-refractivity contribution in [1.29, 1.82) is 0 Å². The number of halogens is 1. The van der Waals surface area contributed by atoms with Crippen LogP contribution in [0.5, 0.6) is 0 Å². The van der Waals surface area contributed by atoms with Crippen LogP contribution in [0, 0.1) is 0 Å². The predicted molar refractivity (Wildman–Crippen MR) is 71.5 cm³/mol. The van der Waals surface area contributed by atoms with Gasteiger partial charge >= 0.3 is 0 Å². The maximum atomic E-state index is 12.1. The highest BCUT2D eigenvalue weighted by atomic mass is 35.5. The first kappa shape index (κ1) is 14.5. The van der Waals surface area contributed by atoms with Crippen molar-refractivity contribution in [1.82, 2.24) is 19.7 Å². The summed E-state index contributed by atoms with van der Waals surface area (Å²) in [4.78, 5) is 17.9. The van der Waals surface area contributed by atoms with Crippen molar-refractivity contribution >= 4 is 21.6 Å². The third-order valence-electron chi connectivity index (χ3n) is 2.89. The van der Waals surface area contributed by atoms with E-state index in [0.717, 1.165) is 25.4 Å².